The first kappa shape index (κ1) is 16.7. The largest absolute Gasteiger partial charge is 0.459 e. The van der Waals surface area contributed by atoms with E-state index in [1.54, 1.807) is 12.1 Å². The van der Waals surface area contributed by atoms with Gasteiger partial charge in [-0.1, -0.05) is 0 Å². The molecule has 0 radical (unpaired) electrons. The molecular weight excluding hydrogens is 304 g/mol. The van der Waals surface area contributed by atoms with Crippen molar-refractivity contribution in [2.24, 2.45) is 0 Å². The number of likely N-dealkylation sites (N-methyl/N-ethyl adjacent to an activating group) is 1. The van der Waals surface area contributed by atoms with Gasteiger partial charge in [-0.25, -0.2) is 0 Å². The van der Waals surface area contributed by atoms with Crippen molar-refractivity contribution < 1.29 is 9.21 Å². The third-order valence-corrected chi connectivity index (χ3v) is 4.36. The molecule has 0 unspecified atom stereocenters. The lowest BCUT2D eigenvalue weighted by atomic mass is 9.97. The highest BCUT2D eigenvalue weighted by Crippen LogP contribution is 2.21. The van der Waals surface area contributed by atoms with Gasteiger partial charge in [0.25, 0.3) is 5.91 Å². The SMILES string of the molecule is CN(C)CCN1CCc2c(CNC(=O)c3ccco3)cncc2C1. The van der Waals surface area contributed by atoms with Crippen LogP contribution in [0.1, 0.15) is 27.2 Å². The van der Waals surface area contributed by atoms with Gasteiger partial charge in [0.1, 0.15) is 0 Å². The smallest absolute Gasteiger partial charge is 0.287 e. The topological polar surface area (TPSA) is 61.6 Å². The molecule has 0 saturated heterocycles. The predicted molar refractivity (Wildman–Crippen MR) is 91.7 cm³/mol. The molecule has 0 aromatic carbocycles. The fraction of sp³-hybridized carbons (Fsp3) is 0.444. The Hall–Kier alpha value is -2.18. The van der Waals surface area contributed by atoms with Crippen molar-refractivity contribution >= 4 is 5.91 Å². The summed E-state index contributed by atoms with van der Waals surface area (Å²) in [6, 6.07) is 3.37. The lowest BCUT2D eigenvalue weighted by Crippen LogP contribution is -2.36. The fourth-order valence-electron chi connectivity index (χ4n) is 2.98. The van der Waals surface area contributed by atoms with E-state index in [1.807, 2.05) is 12.4 Å². The van der Waals surface area contributed by atoms with Gasteiger partial charge < -0.3 is 14.6 Å². The van der Waals surface area contributed by atoms with Gasteiger partial charge in [-0.15, -0.1) is 0 Å². The maximum absolute atomic E-state index is 12.0. The third kappa shape index (κ3) is 4.01. The van der Waals surface area contributed by atoms with Crippen LogP contribution in [0.15, 0.2) is 35.2 Å². The molecule has 1 amide bonds. The Kier molecular flexibility index (Phi) is 5.27. The highest BCUT2D eigenvalue weighted by molar-refractivity contribution is 5.91. The molecule has 6 heteroatoms. The summed E-state index contributed by atoms with van der Waals surface area (Å²) in [7, 11) is 4.19. The van der Waals surface area contributed by atoms with Crippen LogP contribution in [-0.2, 0) is 19.5 Å². The summed E-state index contributed by atoms with van der Waals surface area (Å²) in [6.45, 7) is 4.57. The van der Waals surface area contributed by atoms with Crippen LogP contribution in [0.3, 0.4) is 0 Å². The molecule has 1 aliphatic heterocycles. The van der Waals surface area contributed by atoms with Gasteiger partial charge in [0.15, 0.2) is 5.76 Å². The number of carbonyl (C=O) groups is 1. The molecule has 0 saturated carbocycles. The summed E-state index contributed by atoms with van der Waals surface area (Å²) < 4.78 is 5.12. The van der Waals surface area contributed by atoms with Gasteiger partial charge in [-0.05, 0) is 49.3 Å². The number of nitrogens with zero attached hydrogens (tertiary/aromatic N) is 3. The number of rotatable bonds is 6. The minimum absolute atomic E-state index is 0.193. The third-order valence-electron chi connectivity index (χ3n) is 4.36. The highest BCUT2D eigenvalue weighted by Gasteiger charge is 2.19. The van der Waals surface area contributed by atoms with Crippen LogP contribution in [0.25, 0.3) is 0 Å². The van der Waals surface area contributed by atoms with Crippen molar-refractivity contribution in [2.75, 3.05) is 33.7 Å². The van der Waals surface area contributed by atoms with Crippen LogP contribution < -0.4 is 5.32 Å². The maximum atomic E-state index is 12.0. The zero-order chi connectivity index (χ0) is 16.9. The average Bonchev–Trinajstić information content (AvgIpc) is 3.12. The van der Waals surface area contributed by atoms with Crippen molar-refractivity contribution in [1.82, 2.24) is 20.1 Å². The van der Waals surface area contributed by atoms with Crippen LogP contribution in [-0.4, -0.2) is 54.4 Å². The molecule has 0 fully saturated rings. The van der Waals surface area contributed by atoms with Crippen molar-refractivity contribution in [3.8, 4) is 0 Å². The Balaban J connectivity index is 1.62. The zero-order valence-corrected chi connectivity index (χ0v) is 14.3. The van der Waals surface area contributed by atoms with Gasteiger partial charge >= 0.3 is 0 Å². The lowest BCUT2D eigenvalue weighted by Gasteiger charge is -2.30. The molecule has 3 heterocycles. The molecule has 24 heavy (non-hydrogen) atoms. The van der Waals surface area contributed by atoms with Crippen LogP contribution in [0, 0.1) is 0 Å². The average molecular weight is 328 g/mol. The molecule has 3 rings (SSSR count). The molecule has 1 N–H and O–H groups in total. The Bertz CT molecular complexity index is 682. The van der Waals surface area contributed by atoms with E-state index in [9.17, 15) is 4.79 Å². The summed E-state index contributed by atoms with van der Waals surface area (Å²) in [4.78, 5) is 21.0. The van der Waals surface area contributed by atoms with E-state index in [0.717, 1.165) is 38.2 Å². The zero-order valence-electron chi connectivity index (χ0n) is 14.3. The molecule has 6 nitrogen and oxygen atoms in total. The normalized spacial score (nSPS) is 14.6. The van der Waals surface area contributed by atoms with Gasteiger partial charge in [-0.2, -0.15) is 0 Å². The molecule has 128 valence electrons. The lowest BCUT2D eigenvalue weighted by molar-refractivity contribution is 0.0923. The van der Waals surface area contributed by atoms with Crippen molar-refractivity contribution in [3.63, 3.8) is 0 Å². The van der Waals surface area contributed by atoms with Crippen molar-refractivity contribution in [2.45, 2.75) is 19.5 Å². The van der Waals surface area contributed by atoms with E-state index in [0.29, 0.717) is 12.3 Å². The molecule has 2 aromatic rings. The molecule has 1 aliphatic rings. The van der Waals surface area contributed by atoms with Gasteiger partial charge in [0.2, 0.25) is 0 Å². The summed E-state index contributed by atoms with van der Waals surface area (Å²) in [6.07, 6.45) is 6.31. The van der Waals surface area contributed by atoms with Crippen LogP contribution >= 0.6 is 0 Å². The first-order valence-electron chi connectivity index (χ1n) is 8.27. The van der Waals surface area contributed by atoms with Crippen LogP contribution in [0.5, 0.6) is 0 Å². The second kappa shape index (κ2) is 7.59. The van der Waals surface area contributed by atoms with Crippen molar-refractivity contribution in [1.29, 1.82) is 0 Å². The minimum Gasteiger partial charge on any atom is -0.459 e. The number of carbonyl (C=O) groups excluding carboxylic acids is 1. The number of amides is 1. The monoisotopic (exact) mass is 328 g/mol. The number of aromatic nitrogens is 1. The number of fused-ring (bicyclic) bond motifs is 1. The van der Waals surface area contributed by atoms with E-state index >= 15 is 0 Å². The molecular formula is C18H24N4O2. The first-order valence-corrected chi connectivity index (χ1v) is 8.27. The Morgan fingerprint density at radius 3 is 3.04 bits per heavy atom. The van der Waals surface area contributed by atoms with E-state index in [2.05, 4.69) is 34.2 Å². The highest BCUT2D eigenvalue weighted by atomic mass is 16.3. The Labute approximate surface area is 142 Å². The maximum Gasteiger partial charge on any atom is 0.287 e. The molecule has 0 atom stereocenters. The van der Waals surface area contributed by atoms with Gasteiger partial charge in [0.05, 0.1) is 6.26 Å². The molecule has 2 aromatic heterocycles. The summed E-state index contributed by atoms with van der Waals surface area (Å²) >= 11 is 0. The van der Waals surface area contributed by atoms with Gasteiger partial charge in [-0.3, -0.25) is 14.7 Å². The van der Waals surface area contributed by atoms with Crippen LogP contribution in [0.4, 0.5) is 0 Å². The second-order valence-electron chi connectivity index (χ2n) is 6.43. The minimum atomic E-state index is -0.193. The Morgan fingerprint density at radius 2 is 2.29 bits per heavy atom. The fourth-order valence-corrected chi connectivity index (χ4v) is 2.98. The summed E-state index contributed by atoms with van der Waals surface area (Å²) in [5.74, 6) is 0.142. The Morgan fingerprint density at radius 1 is 1.42 bits per heavy atom. The van der Waals surface area contributed by atoms with Gasteiger partial charge in [0, 0.05) is 45.1 Å². The number of hydrogen-bond donors (Lipinski definition) is 1. The standard InChI is InChI=1S/C18H24N4O2/c1-21(2)7-8-22-6-5-16-14(10-19-11-15(16)13-22)12-20-18(23)17-4-3-9-24-17/h3-4,9-11H,5-8,12-13H2,1-2H3,(H,20,23). The summed E-state index contributed by atoms with van der Waals surface area (Å²) in [5.41, 5.74) is 3.69. The van der Waals surface area contributed by atoms with Crippen LogP contribution in [0.2, 0.25) is 0 Å². The molecule has 0 bridgehead atoms. The summed E-state index contributed by atoms with van der Waals surface area (Å²) in [5, 5.41) is 2.91. The number of nitrogens with one attached hydrogen (secondary N) is 1. The first-order chi connectivity index (χ1) is 11.6. The molecule has 0 aliphatic carbocycles. The second-order valence-corrected chi connectivity index (χ2v) is 6.43. The number of furan rings is 1. The van der Waals surface area contributed by atoms with E-state index in [4.69, 9.17) is 4.42 Å². The van der Waals surface area contributed by atoms with E-state index in [1.165, 1.54) is 17.4 Å². The molecule has 0 spiro atoms. The van der Waals surface area contributed by atoms with Crippen molar-refractivity contribution in [3.05, 3.63) is 53.2 Å². The predicted octanol–water partition coefficient (Wildman–Crippen LogP) is 1.52. The van der Waals surface area contributed by atoms with E-state index in [-0.39, 0.29) is 5.91 Å². The quantitative estimate of drug-likeness (QED) is 0.871. The van der Waals surface area contributed by atoms with E-state index < -0.39 is 0 Å². The number of hydrogen-bond acceptors (Lipinski definition) is 5. The number of pyridine rings is 1.